The molecule has 15 heavy (non-hydrogen) atoms. The number of benzene rings is 1. The molecule has 0 aromatic heterocycles. The van der Waals surface area contributed by atoms with Gasteiger partial charge in [0.05, 0.1) is 0 Å². The molecule has 0 heterocycles. The van der Waals surface area contributed by atoms with Crippen molar-refractivity contribution in [3.05, 3.63) is 27.7 Å². The van der Waals surface area contributed by atoms with Crippen LogP contribution < -0.4 is 4.74 Å². The second kappa shape index (κ2) is 5.31. The SMILES string of the molecule is CCCC(=O)Oc1c(C)cc(Br)cc1C. The molecule has 1 aromatic rings. The second-order valence-electron chi connectivity index (χ2n) is 3.59. The van der Waals surface area contributed by atoms with Gasteiger partial charge in [0.1, 0.15) is 5.75 Å². The highest BCUT2D eigenvalue weighted by atomic mass is 79.9. The van der Waals surface area contributed by atoms with E-state index in [-0.39, 0.29) is 5.97 Å². The van der Waals surface area contributed by atoms with Crippen molar-refractivity contribution in [2.75, 3.05) is 0 Å². The number of carbonyl (C=O) groups excluding carboxylic acids is 1. The zero-order chi connectivity index (χ0) is 11.4. The zero-order valence-electron chi connectivity index (χ0n) is 9.26. The number of halogens is 1. The minimum Gasteiger partial charge on any atom is -0.426 e. The summed E-state index contributed by atoms with van der Waals surface area (Å²) in [6.45, 7) is 5.83. The van der Waals surface area contributed by atoms with E-state index >= 15 is 0 Å². The topological polar surface area (TPSA) is 26.3 Å². The Morgan fingerprint density at radius 3 is 2.33 bits per heavy atom. The summed E-state index contributed by atoms with van der Waals surface area (Å²) in [7, 11) is 0. The van der Waals surface area contributed by atoms with Gasteiger partial charge in [-0.25, -0.2) is 0 Å². The lowest BCUT2D eigenvalue weighted by Gasteiger charge is -2.10. The van der Waals surface area contributed by atoms with Gasteiger partial charge in [-0.2, -0.15) is 0 Å². The van der Waals surface area contributed by atoms with Crippen LogP contribution >= 0.6 is 15.9 Å². The van der Waals surface area contributed by atoms with E-state index in [4.69, 9.17) is 4.74 Å². The molecular formula is C12H15BrO2. The number of carbonyl (C=O) groups is 1. The molecule has 0 N–H and O–H groups in total. The fourth-order valence-corrected chi connectivity index (χ4v) is 2.11. The van der Waals surface area contributed by atoms with Crippen LogP contribution in [0, 0.1) is 13.8 Å². The third-order valence-corrected chi connectivity index (χ3v) is 2.55. The maximum atomic E-state index is 11.4. The average molecular weight is 271 g/mol. The number of hydrogen-bond acceptors (Lipinski definition) is 2. The Labute approximate surface area is 98.8 Å². The number of ether oxygens (including phenoxy) is 1. The van der Waals surface area contributed by atoms with Gasteiger partial charge in [0.2, 0.25) is 0 Å². The molecule has 1 rings (SSSR count). The third kappa shape index (κ3) is 3.34. The smallest absolute Gasteiger partial charge is 0.311 e. The van der Waals surface area contributed by atoms with Crippen LogP contribution in [0.5, 0.6) is 5.75 Å². The van der Waals surface area contributed by atoms with Crippen molar-refractivity contribution in [3.63, 3.8) is 0 Å². The van der Waals surface area contributed by atoms with Gasteiger partial charge in [0, 0.05) is 10.9 Å². The standard InChI is InChI=1S/C12H15BrO2/c1-4-5-11(14)15-12-8(2)6-10(13)7-9(12)3/h6-7H,4-5H2,1-3H3. The molecule has 0 spiro atoms. The number of rotatable bonds is 3. The van der Waals surface area contributed by atoms with Crippen LogP contribution in [0.15, 0.2) is 16.6 Å². The normalized spacial score (nSPS) is 10.1. The molecule has 1 aromatic carbocycles. The lowest BCUT2D eigenvalue weighted by Crippen LogP contribution is -2.08. The molecule has 0 saturated heterocycles. The summed E-state index contributed by atoms with van der Waals surface area (Å²) in [4.78, 5) is 11.4. The Bertz CT molecular complexity index is 349. The fourth-order valence-electron chi connectivity index (χ4n) is 1.43. The van der Waals surface area contributed by atoms with Gasteiger partial charge in [-0.15, -0.1) is 0 Å². The van der Waals surface area contributed by atoms with Gasteiger partial charge < -0.3 is 4.74 Å². The molecule has 0 radical (unpaired) electrons. The molecule has 82 valence electrons. The molecule has 3 heteroatoms. The van der Waals surface area contributed by atoms with Crippen LogP contribution in [0.1, 0.15) is 30.9 Å². The maximum Gasteiger partial charge on any atom is 0.311 e. The summed E-state index contributed by atoms with van der Waals surface area (Å²) in [5.74, 6) is 0.530. The molecule has 0 fully saturated rings. The number of aryl methyl sites for hydroxylation is 2. The molecule has 0 aliphatic heterocycles. The predicted octanol–water partition coefficient (Wildman–Crippen LogP) is 3.77. The van der Waals surface area contributed by atoms with Gasteiger partial charge in [0.15, 0.2) is 0 Å². The van der Waals surface area contributed by atoms with E-state index in [9.17, 15) is 4.79 Å². The Hall–Kier alpha value is -0.830. The zero-order valence-corrected chi connectivity index (χ0v) is 10.8. The minimum atomic E-state index is -0.161. The van der Waals surface area contributed by atoms with E-state index < -0.39 is 0 Å². The summed E-state index contributed by atoms with van der Waals surface area (Å²) in [6.07, 6.45) is 1.28. The summed E-state index contributed by atoms with van der Waals surface area (Å²) in [6, 6.07) is 3.89. The lowest BCUT2D eigenvalue weighted by atomic mass is 10.1. The molecule has 0 unspecified atom stereocenters. The summed E-state index contributed by atoms with van der Waals surface area (Å²) >= 11 is 3.40. The predicted molar refractivity (Wildman–Crippen MR) is 64.2 cm³/mol. The van der Waals surface area contributed by atoms with Crippen molar-refractivity contribution in [1.29, 1.82) is 0 Å². The molecule has 0 atom stereocenters. The molecule has 2 nitrogen and oxygen atoms in total. The first-order valence-corrected chi connectivity index (χ1v) is 5.81. The molecule has 0 bridgehead atoms. The molecule has 0 aliphatic carbocycles. The minimum absolute atomic E-state index is 0.161. The van der Waals surface area contributed by atoms with Crippen molar-refractivity contribution < 1.29 is 9.53 Å². The largest absolute Gasteiger partial charge is 0.426 e. The Balaban J connectivity index is 2.90. The van der Waals surface area contributed by atoms with Gasteiger partial charge in [-0.1, -0.05) is 22.9 Å². The molecule has 0 aliphatic rings. The monoisotopic (exact) mass is 270 g/mol. The van der Waals surface area contributed by atoms with Crippen molar-refractivity contribution in [1.82, 2.24) is 0 Å². The van der Waals surface area contributed by atoms with E-state index in [2.05, 4.69) is 15.9 Å². The van der Waals surface area contributed by atoms with E-state index in [1.165, 1.54) is 0 Å². The first kappa shape index (κ1) is 12.2. The van der Waals surface area contributed by atoms with E-state index in [1.54, 1.807) is 0 Å². The van der Waals surface area contributed by atoms with Gasteiger partial charge in [0.25, 0.3) is 0 Å². The first-order chi connectivity index (χ1) is 7.04. The highest BCUT2D eigenvalue weighted by Gasteiger charge is 2.09. The van der Waals surface area contributed by atoms with Gasteiger partial charge >= 0.3 is 5.97 Å². The number of hydrogen-bond donors (Lipinski definition) is 0. The fraction of sp³-hybridized carbons (Fsp3) is 0.417. The Morgan fingerprint density at radius 1 is 1.33 bits per heavy atom. The Kier molecular flexibility index (Phi) is 4.33. The Morgan fingerprint density at radius 2 is 1.87 bits per heavy atom. The van der Waals surface area contributed by atoms with Crippen LogP contribution in [0.2, 0.25) is 0 Å². The summed E-state index contributed by atoms with van der Waals surface area (Å²) in [5, 5.41) is 0. The van der Waals surface area contributed by atoms with Crippen molar-refractivity contribution in [2.24, 2.45) is 0 Å². The molecule has 0 saturated carbocycles. The first-order valence-electron chi connectivity index (χ1n) is 5.02. The number of esters is 1. The quantitative estimate of drug-likeness (QED) is 0.618. The average Bonchev–Trinajstić information content (AvgIpc) is 2.11. The van der Waals surface area contributed by atoms with Crippen LogP contribution in [-0.2, 0) is 4.79 Å². The van der Waals surface area contributed by atoms with Crippen LogP contribution in [-0.4, -0.2) is 5.97 Å². The maximum absolute atomic E-state index is 11.4. The summed E-state index contributed by atoms with van der Waals surface area (Å²) < 4.78 is 6.32. The van der Waals surface area contributed by atoms with Crippen LogP contribution in [0.25, 0.3) is 0 Å². The molecule has 0 amide bonds. The van der Waals surface area contributed by atoms with Crippen molar-refractivity contribution >= 4 is 21.9 Å². The van der Waals surface area contributed by atoms with E-state index in [0.717, 1.165) is 22.0 Å². The second-order valence-corrected chi connectivity index (χ2v) is 4.51. The third-order valence-electron chi connectivity index (χ3n) is 2.10. The summed E-state index contributed by atoms with van der Waals surface area (Å²) in [5.41, 5.74) is 1.96. The van der Waals surface area contributed by atoms with Crippen molar-refractivity contribution in [3.8, 4) is 5.75 Å². The lowest BCUT2D eigenvalue weighted by molar-refractivity contribution is -0.134. The van der Waals surface area contributed by atoms with E-state index in [1.807, 2.05) is 32.9 Å². The molecular weight excluding hydrogens is 256 g/mol. The van der Waals surface area contributed by atoms with Gasteiger partial charge in [-0.3, -0.25) is 4.79 Å². The van der Waals surface area contributed by atoms with E-state index in [0.29, 0.717) is 12.2 Å². The van der Waals surface area contributed by atoms with Crippen LogP contribution in [0.4, 0.5) is 0 Å². The highest BCUT2D eigenvalue weighted by Crippen LogP contribution is 2.27. The van der Waals surface area contributed by atoms with Crippen molar-refractivity contribution in [2.45, 2.75) is 33.6 Å². The van der Waals surface area contributed by atoms with Gasteiger partial charge in [-0.05, 0) is 43.5 Å². The van der Waals surface area contributed by atoms with Crippen LogP contribution in [0.3, 0.4) is 0 Å². The highest BCUT2D eigenvalue weighted by molar-refractivity contribution is 9.10.